The second kappa shape index (κ2) is 6.37. The number of nitrogens with zero attached hydrogens (tertiary/aromatic N) is 3. The number of pyridine rings is 1. The van der Waals surface area contributed by atoms with E-state index < -0.39 is 0 Å². The molecule has 2 aromatic heterocycles. The van der Waals surface area contributed by atoms with Gasteiger partial charge in [-0.15, -0.1) is 0 Å². The smallest absolute Gasteiger partial charge is 0.260 e. The highest BCUT2D eigenvalue weighted by Crippen LogP contribution is 2.23. The minimum Gasteiger partial charge on any atom is -0.347 e. The number of hydrogen-bond acceptors (Lipinski definition) is 4. The third-order valence-electron chi connectivity index (χ3n) is 4.31. The van der Waals surface area contributed by atoms with E-state index >= 15 is 0 Å². The minimum atomic E-state index is -0.331. The molecule has 3 rings (SSSR count). The summed E-state index contributed by atoms with van der Waals surface area (Å²) in [5.41, 5.74) is 0.608. The van der Waals surface area contributed by atoms with Gasteiger partial charge in [0.05, 0.1) is 6.04 Å². The molecule has 3 heterocycles. The summed E-state index contributed by atoms with van der Waals surface area (Å²) >= 11 is 0. The predicted octanol–water partition coefficient (Wildman–Crippen LogP) is 0.925. The highest BCUT2D eigenvalue weighted by atomic mass is 16.2. The molecule has 0 bridgehead atoms. The molecular formula is C16H21N5O2. The lowest BCUT2D eigenvalue weighted by molar-refractivity contribution is 0.0478. The fourth-order valence-electron chi connectivity index (χ4n) is 3.01. The van der Waals surface area contributed by atoms with Gasteiger partial charge in [0.2, 0.25) is 0 Å². The molecule has 7 nitrogen and oxygen atoms in total. The van der Waals surface area contributed by atoms with Crippen LogP contribution in [0.5, 0.6) is 0 Å². The zero-order valence-corrected chi connectivity index (χ0v) is 13.4. The number of likely N-dealkylation sites (N-methyl/N-ethyl adjacent to an activating group) is 1. The van der Waals surface area contributed by atoms with Crippen LogP contribution in [0.25, 0.3) is 0 Å². The van der Waals surface area contributed by atoms with Crippen LogP contribution in [-0.2, 0) is 0 Å². The molecule has 1 fully saturated rings. The Morgan fingerprint density at radius 1 is 1.39 bits per heavy atom. The van der Waals surface area contributed by atoms with E-state index in [9.17, 15) is 9.59 Å². The average molecular weight is 315 g/mol. The summed E-state index contributed by atoms with van der Waals surface area (Å²) < 4.78 is 0. The Hall–Kier alpha value is -2.41. The van der Waals surface area contributed by atoms with Gasteiger partial charge in [-0.1, -0.05) is 6.92 Å². The predicted molar refractivity (Wildman–Crippen MR) is 86.3 cm³/mol. The van der Waals surface area contributed by atoms with Crippen LogP contribution in [0.1, 0.15) is 34.8 Å². The Morgan fingerprint density at radius 2 is 2.22 bits per heavy atom. The van der Waals surface area contributed by atoms with Gasteiger partial charge in [-0.3, -0.25) is 14.5 Å². The molecule has 1 atom stereocenters. The maximum absolute atomic E-state index is 12.7. The summed E-state index contributed by atoms with van der Waals surface area (Å²) in [5, 5.41) is 0. The Kier molecular flexibility index (Phi) is 4.29. The van der Waals surface area contributed by atoms with Crippen molar-refractivity contribution in [1.29, 1.82) is 0 Å². The zero-order valence-electron chi connectivity index (χ0n) is 13.4. The van der Waals surface area contributed by atoms with Crippen LogP contribution in [0.15, 0.2) is 29.3 Å². The standard InChI is InChI=1S/C16H21N5O2/c1-3-20-8-9-21(10-13(20)14-17-6-7-18-14)16(23)12-5-4-11(2)19-15(12)22/h4-7,13H,3,8-10H2,1-2H3,(H,17,18)(H,19,22). The van der Waals surface area contributed by atoms with Crippen molar-refractivity contribution in [3.8, 4) is 0 Å². The second-order valence-electron chi connectivity index (χ2n) is 5.75. The van der Waals surface area contributed by atoms with Gasteiger partial charge in [-0.2, -0.15) is 0 Å². The van der Waals surface area contributed by atoms with Gasteiger partial charge in [-0.25, -0.2) is 4.98 Å². The Morgan fingerprint density at radius 3 is 2.87 bits per heavy atom. The number of aryl methyl sites for hydroxylation is 1. The zero-order chi connectivity index (χ0) is 16.4. The van der Waals surface area contributed by atoms with Gasteiger partial charge in [0.15, 0.2) is 0 Å². The number of hydrogen-bond donors (Lipinski definition) is 2. The largest absolute Gasteiger partial charge is 0.347 e. The van der Waals surface area contributed by atoms with Gasteiger partial charge < -0.3 is 14.9 Å². The molecule has 1 aliphatic rings. The number of carbonyl (C=O) groups excluding carboxylic acids is 1. The van der Waals surface area contributed by atoms with Crippen molar-refractivity contribution in [2.45, 2.75) is 19.9 Å². The highest BCUT2D eigenvalue weighted by Gasteiger charge is 2.32. The van der Waals surface area contributed by atoms with Gasteiger partial charge in [0.1, 0.15) is 11.4 Å². The summed E-state index contributed by atoms with van der Waals surface area (Å²) in [6.45, 7) is 6.67. The molecule has 0 saturated carbocycles. The van der Waals surface area contributed by atoms with Crippen LogP contribution in [0, 0.1) is 6.92 Å². The SMILES string of the molecule is CCN1CCN(C(=O)c2ccc(C)[nH]c2=O)CC1c1ncc[nH]1. The third kappa shape index (κ3) is 3.05. The normalized spacial score (nSPS) is 19.0. The molecule has 0 spiro atoms. The maximum Gasteiger partial charge on any atom is 0.260 e. The first-order valence-electron chi connectivity index (χ1n) is 7.82. The molecule has 1 unspecified atom stereocenters. The number of rotatable bonds is 3. The van der Waals surface area contributed by atoms with E-state index in [4.69, 9.17) is 0 Å². The van der Waals surface area contributed by atoms with Crippen molar-refractivity contribution < 1.29 is 4.79 Å². The number of aromatic amines is 2. The number of amides is 1. The first-order valence-corrected chi connectivity index (χ1v) is 7.82. The molecule has 122 valence electrons. The van der Waals surface area contributed by atoms with Crippen molar-refractivity contribution in [2.75, 3.05) is 26.2 Å². The lowest BCUT2D eigenvalue weighted by Gasteiger charge is -2.40. The van der Waals surface area contributed by atoms with Gasteiger partial charge in [0.25, 0.3) is 11.5 Å². The second-order valence-corrected chi connectivity index (χ2v) is 5.75. The van der Waals surface area contributed by atoms with Crippen LogP contribution < -0.4 is 5.56 Å². The van der Waals surface area contributed by atoms with Crippen molar-refractivity contribution in [1.82, 2.24) is 24.8 Å². The van der Waals surface area contributed by atoms with E-state index in [1.807, 2.05) is 0 Å². The van der Waals surface area contributed by atoms with Crippen molar-refractivity contribution in [3.63, 3.8) is 0 Å². The van der Waals surface area contributed by atoms with Crippen LogP contribution in [-0.4, -0.2) is 56.8 Å². The monoisotopic (exact) mass is 315 g/mol. The summed E-state index contributed by atoms with van der Waals surface area (Å²) in [7, 11) is 0. The van der Waals surface area contributed by atoms with E-state index in [0.717, 1.165) is 24.6 Å². The molecule has 1 aliphatic heterocycles. The molecule has 0 aromatic carbocycles. The lowest BCUT2D eigenvalue weighted by atomic mass is 10.1. The molecule has 23 heavy (non-hydrogen) atoms. The first kappa shape index (κ1) is 15.5. The number of imidazole rings is 1. The van der Waals surface area contributed by atoms with Crippen molar-refractivity contribution in [3.05, 3.63) is 52.0 Å². The first-order chi connectivity index (χ1) is 11.1. The maximum atomic E-state index is 12.7. The molecule has 7 heteroatoms. The fourth-order valence-corrected chi connectivity index (χ4v) is 3.01. The number of piperazine rings is 1. The Bertz CT molecular complexity index is 737. The topological polar surface area (TPSA) is 85.1 Å². The Balaban J connectivity index is 1.83. The number of H-pyrrole nitrogens is 2. The Labute approximate surface area is 134 Å². The molecule has 1 saturated heterocycles. The average Bonchev–Trinajstić information content (AvgIpc) is 3.08. The van der Waals surface area contributed by atoms with E-state index in [0.29, 0.717) is 13.1 Å². The van der Waals surface area contributed by atoms with Gasteiger partial charge in [-0.05, 0) is 25.6 Å². The van der Waals surface area contributed by atoms with Crippen LogP contribution in [0.4, 0.5) is 0 Å². The van der Waals surface area contributed by atoms with Crippen molar-refractivity contribution in [2.24, 2.45) is 0 Å². The number of carbonyl (C=O) groups is 1. The van der Waals surface area contributed by atoms with E-state index in [1.165, 1.54) is 0 Å². The lowest BCUT2D eigenvalue weighted by Crippen LogP contribution is -2.51. The van der Waals surface area contributed by atoms with Crippen LogP contribution >= 0.6 is 0 Å². The number of nitrogens with one attached hydrogen (secondary N) is 2. The molecular weight excluding hydrogens is 294 g/mol. The summed E-state index contributed by atoms with van der Waals surface area (Å²) in [5.74, 6) is 0.626. The summed E-state index contributed by atoms with van der Waals surface area (Å²) in [4.78, 5) is 38.9. The minimum absolute atomic E-state index is 0.0252. The van der Waals surface area contributed by atoms with Gasteiger partial charge in [0, 0.05) is 37.7 Å². The van der Waals surface area contributed by atoms with Crippen LogP contribution in [0.2, 0.25) is 0 Å². The quantitative estimate of drug-likeness (QED) is 0.882. The summed E-state index contributed by atoms with van der Waals surface area (Å²) in [6, 6.07) is 3.38. The fraction of sp³-hybridized carbons (Fsp3) is 0.438. The van der Waals surface area contributed by atoms with Crippen molar-refractivity contribution >= 4 is 5.91 Å². The van der Waals surface area contributed by atoms with E-state index in [-0.39, 0.29) is 23.1 Å². The molecule has 1 amide bonds. The van der Waals surface area contributed by atoms with E-state index in [2.05, 4.69) is 26.8 Å². The van der Waals surface area contributed by atoms with E-state index in [1.54, 1.807) is 36.4 Å². The molecule has 2 aromatic rings. The summed E-state index contributed by atoms with van der Waals surface area (Å²) in [6.07, 6.45) is 3.50. The molecule has 0 aliphatic carbocycles. The van der Waals surface area contributed by atoms with Crippen LogP contribution in [0.3, 0.4) is 0 Å². The molecule has 2 N–H and O–H groups in total. The number of aromatic nitrogens is 3. The molecule has 0 radical (unpaired) electrons. The third-order valence-corrected chi connectivity index (χ3v) is 4.31. The van der Waals surface area contributed by atoms with Gasteiger partial charge >= 0.3 is 0 Å². The highest BCUT2D eigenvalue weighted by molar-refractivity contribution is 5.94.